The Hall–Kier alpha value is -2.69. The first-order valence-corrected chi connectivity index (χ1v) is 10.1. The molecule has 0 bridgehead atoms. The topological polar surface area (TPSA) is 151 Å². The van der Waals surface area contributed by atoms with Crippen LogP contribution in [0.15, 0.2) is 30.6 Å². The van der Waals surface area contributed by atoms with Gasteiger partial charge >= 0.3 is 0 Å². The molecule has 2 aromatic heterocycles. The summed E-state index contributed by atoms with van der Waals surface area (Å²) in [4.78, 5) is 9.64. The zero-order valence-electron chi connectivity index (χ0n) is 16.9. The van der Waals surface area contributed by atoms with E-state index < -0.39 is 6.23 Å². The summed E-state index contributed by atoms with van der Waals surface area (Å²) in [7, 11) is 0. The number of aromatic amines is 1. The highest BCUT2D eigenvalue weighted by Gasteiger charge is 2.18. The number of pyridine rings is 1. The molecule has 3 heterocycles. The van der Waals surface area contributed by atoms with E-state index in [-0.39, 0.29) is 6.54 Å². The quantitative estimate of drug-likeness (QED) is 0.246. The zero-order chi connectivity index (χ0) is 21.1. The van der Waals surface area contributed by atoms with Crippen molar-refractivity contribution in [3.8, 4) is 11.1 Å². The second kappa shape index (κ2) is 8.99. The van der Waals surface area contributed by atoms with Crippen LogP contribution < -0.4 is 22.5 Å². The SMILES string of the molecule is NCc1cc(-c2c[nH]c3cnc(N)cc23)cc(C(O)NCCN2CCOCC2)c1N. The standard InChI is InChI=1S/C21H29N7O2/c22-10-14-7-13(17-11-26-18-12-27-19(23)9-15(17)18)8-16(20(14)24)21(29)25-1-2-28-3-5-30-6-4-28/h7-9,11-12,21,25-26,29H,1-6,10,22,24H2,(H2,23,27). The second-order valence-electron chi connectivity index (χ2n) is 7.51. The predicted octanol–water partition coefficient (Wildman–Crippen LogP) is 0.766. The molecule has 1 fully saturated rings. The fourth-order valence-corrected chi connectivity index (χ4v) is 3.86. The molecule has 30 heavy (non-hydrogen) atoms. The molecule has 0 spiro atoms. The molecule has 1 aliphatic rings. The van der Waals surface area contributed by atoms with E-state index in [2.05, 4.69) is 20.2 Å². The molecule has 1 unspecified atom stereocenters. The lowest BCUT2D eigenvalue weighted by Gasteiger charge is -2.27. The minimum absolute atomic E-state index is 0.277. The number of benzene rings is 1. The first-order chi connectivity index (χ1) is 14.6. The third-order valence-corrected chi connectivity index (χ3v) is 5.58. The molecule has 0 radical (unpaired) electrons. The van der Waals surface area contributed by atoms with Gasteiger partial charge < -0.3 is 32.0 Å². The lowest BCUT2D eigenvalue weighted by molar-refractivity contribution is 0.0356. The maximum atomic E-state index is 10.8. The molecule has 0 amide bonds. The molecule has 160 valence electrons. The number of aliphatic hydroxyl groups is 1. The first-order valence-electron chi connectivity index (χ1n) is 10.1. The van der Waals surface area contributed by atoms with Crippen LogP contribution >= 0.6 is 0 Å². The van der Waals surface area contributed by atoms with Crippen LogP contribution in [0.4, 0.5) is 11.5 Å². The molecule has 1 aliphatic heterocycles. The zero-order valence-corrected chi connectivity index (χ0v) is 16.9. The van der Waals surface area contributed by atoms with Gasteiger partial charge in [-0.25, -0.2) is 4.98 Å². The molecule has 4 rings (SSSR count). The average Bonchev–Trinajstić information content (AvgIpc) is 3.17. The summed E-state index contributed by atoms with van der Waals surface area (Å²) in [6, 6.07) is 5.69. The van der Waals surface area contributed by atoms with Gasteiger partial charge in [0.1, 0.15) is 12.0 Å². The molecule has 0 saturated carbocycles. The van der Waals surface area contributed by atoms with Crippen molar-refractivity contribution in [1.29, 1.82) is 0 Å². The number of morpholine rings is 1. The van der Waals surface area contributed by atoms with Crippen molar-refractivity contribution >= 4 is 22.4 Å². The number of hydrogen-bond acceptors (Lipinski definition) is 8. The molecular weight excluding hydrogens is 382 g/mol. The van der Waals surface area contributed by atoms with Crippen molar-refractivity contribution < 1.29 is 9.84 Å². The largest absolute Gasteiger partial charge is 0.398 e. The second-order valence-corrected chi connectivity index (χ2v) is 7.51. The highest BCUT2D eigenvalue weighted by Crippen LogP contribution is 2.34. The summed E-state index contributed by atoms with van der Waals surface area (Å²) < 4.78 is 5.37. The number of aromatic nitrogens is 2. The highest BCUT2D eigenvalue weighted by molar-refractivity contribution is 5.96. The Morgan fingerprint density at radius 2 is 2.03 bits per heavy atom. The van der Waals surface area contributed by atoms with Gasteiger partial charge in [-0.1, -0.05) is 0 Å². The third-order valence-electron chi connectivity index (χ3n) is 5.58. The number of nitrogen functional groups attached to an aromatic ring is 2. The monoisotopic (exact) mass is 411 g/mol. The van der Waals surface area contributed by atoms with Gasteiger partial charge in [-0.05, 0) is 29.3 Å². The number of anilines is 2. The maximum Gasteiger partial charge on any atom is 0.133 e. The van der Waals surface area contributed by atoms with Crippen LogP contribution in [0, 0.1) is 0 Å². The van der Waals surface area contributed by atoms with Gasteiger partial charge in [0.15, 0.2) is 0 Å². The maximum absolute atomic E-state index is 10.8. The predicted molar refractivity (Wildman–Crippen MR) is 118 cm³/mol. The lowest BCUT2D eigenvalue weighted by Crippen LogP contribution is -2.40. The first kappa shape index (κ1) is 20.6. The number of nitrogens with two attached hydrogens (primary N) is 3. The van der Waals surface area contributed by atoms with E-state index in [1.807, 2.05) is 24.4 Å². The number of hydrogen-bond donors (Lipinski definition) is 6. The summed E-state index contributed by atoms with van der Waals surface area (Å²) in [6.45, 7) is 5.07. The number of nitrogens with zero attached hydrogens (tertiary/aromatic N) is 2. The molecule has 1 saturated heterocycles. The Labute approximate surface area is 175 Å². The summed E-state index contributed by atoms with van der Waals surface area (Å²) in [6.07, 6.45) is 2.71. The van der Waals surface area contributed by atoms with Gasteiger partial charge in [0, 0.05) is 61.1 Å². The van der Waals surface area contributed by atoms with Crippen LogP contribution in [-0.4, -0.2) is 59.4 Å². The third kappa shape index (κ3) is 4.25. The van der Waals surface area contributed by atoms with Gasteiger partial charge in [-0.3, -0.25) is 10.2 Å². The lowest BCUT2D eigenvalue weighted by atomic mass is 9.96. The Bertz CT molecular complexity index is 1010. The van der Waals surface area contributed by atoms with E-state index in [4.69, 9.17) is 21.9 Å². The van der Waals surface area contributed by atoms with Crippen molar-refractivity contribution in [2.75, 3.05) is 50.9 Å². The van der Waals surface area contributed by atoms with E-state index in [1.54, 1.807) is 6.20 Å². The van der Waals surface area contributed by atoms with E-state index >= 15 is 0 Å². The summed E-state index contributed by atoms with van der Waals surface area (Å²) >= 11 is 0. The number of fused-ring (bicyclic) bond motifs is 1. The molecule has 9 N–H and O–H groups in total. The van der Waals surface area contributed by atoms with E-state index in [9.17, 15) is 5.11 Å². The van der Waals surface area contributed by atoms with Crippen molar-refractivity contribution in [3.05, 3.63) is 41.7 Å². The van der Waals surface area contributed by atoms with Crippen LogP contribution in [0.3, 0.4) is 0 Å². The van der Waals surface area contributed by atoms with Crippen LogP contribution in [-0.2, 0) is 11.3 Å². The Kier molecular flexibility index (Phi) is 6.16. The van der Waals surface area contributed by atoms with Crippen LogP contribution in [0.5, 0.6) is 0 Å². The van der Waals surface area contributed by atoms with Gasteiger partial charge in [0.05, 0.1) is 24.9 Å². The van der Waals surface area contributed by atoms with Gasteiger partial charge in [-0.2, -0.15) is 0 Å². The fraction of sp³-hybridized carbons (Fsp3) is 0.381. The van der Waals surface area contributed by atoms with Gasteiger partial charge in [0.25, 0.3) is 0 Å². The van der Waals surface area contributed by atoms with Gasteiger partial charge in [0.2, 0.25) is 0 Å². The van der Waals surface area contributed by atoms with Crippen molar-refractivity contribution in [2.24, 2.45) is 5.73 Å². The Morgan fingerprint density at radius 3 is 2.80 bits per heavy atom. The number of rotatable bonds is 7. The van der Waals surface area contributed by atoms with Crippen LogP contribution in [0.1, 0.15) is 17.4 Å². The van der Waals surface area contributed by atoms with Crippen molar-refractivity contribution in [3.63, 3.8) is 0 Å². The summed E-state index contributed by atoms with van der Waals surface area (Å²) in [5, 5.41) is 14.9. The molecule has 3 aromatic rings. The van der Waals surface area contributed by atoms with Crippen LogP contribution in [0.25, 0.3) is 22.0 Å². The molecule has 0 aliphatic carbocycles. The van der Waals surface area contributed by atoms with Crippen molar-refractivity contribution in [2.45, 2.75) is 12.8 Å². The number of ether oxygens (including phenoxy) is 1. The normalized spacial score (nSPS) is 16.2. The number of nitrogens with one attached hydrogen (secondary N) is 2. The van der Waals surface area contributed by atoms with Crippen molar-refractivity contribution in [1.82, 2.24) is 20.2 Å². The molecule has 9 nitrogen and oxygen atoms in total. The van der Waals surface area contributed by atoms with E-state index in [1.165, 1.54) is 0 Å². The van der Waals surface area contributed by atoms with Crippen LogP contribution in [0.2, 0.25) is 0 Å². The smallest absolute Gasteiger partial charge is 0.133 e. The Morgan fingerprint density at radius 1 is 1.23 bits per heavy atom. The Balaban J connectivity index is 1.58. The van der Waals surface area contributed by atoms with E-state index in [0.717, 1.165) is 60.4 Å². The van der Waals surface area contributed by atoms with E-state index in [0.29, 0.717) is 23.6 Å². The highest BCUT2D eigenvalue weighted by atomic mass is 16.5. The molecule has 9 heteroatoms. The number of H-pyrrole nitrogens is 1. The summed E-state index contributed by atoms with van der Waals surface area (Å²) in [5.41, 5.74) is 22.8. The average molecular weight is 412 g/mol. The molecule has 1 aromatic carbocycles. The molecular formula is C21H29N7O2. The number of aliphatic hydroxyl groups excluding tert-OH is 1. The minimum Gasteiger partial charge on any atom is -0.398 e. The minimum atomic E-state index is -0.895. The van der Waals surface area contributed by atoms with Gasteiger partial charge in [-0.15, -0.1) is 0 Å². The summed E-state index contributed by atoms with van der Waals surface area (Å²) in [5.74, 6) is 0.447. The fourth-order valence-electron chi connectivity index (χ4n) is 3.86. The molecule has 1 atom stereocenters.